The van der Waals surface area contributed by atoms with E-state index in [2.05, 4.69) is 16.3 Å². The summed E-state index contributed by atoms with van der Waals surface area (Å²) < 4.78 is 63.9. The van der Waals surface area contributed by atoms with Crippen LogP contribution in [-0.2, 0) is 9.37 Å². The number of unbranched alkanes of at least 4 members (excludes halogenated alkanes) is 11. The fourth-order valence-electron chi connectivity index (χ4n) is 2.96. The molecule has 1 rings (SSSR count). The van der Waals surface area contributed by atoms with Crippen molar-refractivity contribution in [3.8, 4) is 5.75 Å². The zero-order valence-electron chi connectivity index (χ0n) is 16.7. The highest BCUT2D eigenvalue weighted by Crippen LogP contribution is 2.35. The Bertz CT molecular complexity index is 561. The molecule has 0 bridgehead atoms. The molecule has 0 radical (unpaired) electrons. The Morgan fingerprint density at radius 1 is 0.690 bits per heavy atom. The molecule has 0 spiro atoms. The first kappa shape index (κ1) is 26.0. The van der Waals surface area contributed by atoms with Crippen molar-refractivity contribution in [1.29, 1.82) is 0 Å². The van der Waals surface area contributed by atoms with E-state index < -0.39 is 33.9 Å². The second-order valence-electron chi connectivity index (χ2n) is 6.87. The maximum atomic E-state index is 13.9. The lowest BCUT2D eigenvalue weighted by Gasteiger charge is -2.12. The van der Waals surface area contributed by atoms with Gasteiger partial charge in [-0.25, -0.2) is 8.78 Å². The minimum absolute atomic E-state index is 0.0587. The standard InChI is InChI=1S/C20H30F4O4S/c1-2-3-4-5-6-7-8-9-10-11-12-13-14-26-19-15(21)17(23)20(29-28-27-25)18(24)16(19)22/h25H,2-14H2,1H3/p-1. The molecular formula is C20H29F4O4S-. The molecule has 4 nitrogen and oxygen atoms in total. The zero-order chi connectivity index (χ0) is 21.5. The number of hydrogen-bond donors (Lipinski definition) is 0. The average Bonchev–Trinajstić information content (AvgIpc) is 2.72. The minimum Gasteiger partial charge on any atom is -0.691 e. The first-order chi connectivity index (χ1) is 14.0. The fraction of sp³-hybridized carbons (Fsp3) is 0.700. The van der Waals surface area contributed by atoms with Crippen molar-refractivity contribution >= 4 is 12.0 Å². The van der Waals surface area contributed by atoms with Gasteiger partial charge in [-0.3, -0.25) is 5.04 Å². The molecule has 0 N–H and O–H groups in total. The van der Waals surface area contributed by atoms with Crippen LogP contribution in [0.1, 0.15) is 84.0 Å². The maximum Gasteiger partial charge on any atom is 0.205 e. The molecule has 0 aliphatic heterocycles. The lowest BCUT2D eigenvalue weighted by atomic mass is 10.1. The smallest absolute Gasteiger partial charge is 0.205 e. The molecule has 0 aliphatic carbocycles. The van der Waals surface area contributed by atoms with E-state index in [9.17, 15) is 22.8 Å². The van der Waals surface area contributed by atoms with Gasteiger partial charge in [-0.2, -0.15) is 13.1 Å². The predicted molar refractivity (Wildman–Crippen MR) is 101 cm³/mol. The van der Waals surface area contributed by atoms with E-state index in [0.717, 1.165) is 25.7 Å². The Labute approximate surface area is 174 Å². The molecule has 0 saturated carbocycles. The van der Waals surface area contributed by atoms with Crippen LogP contribution in [-0.4, -0.2) is 6.61 Å². The van der Waals surface area contributed by atoms with Crippen LogP contribution in [0.4, 0.5) is 17.6 Å². The van der Waals surface area contributed by atoms with E-state index in [4.69, 9.17) is 4.74 Å². The lowest BCUT2D eigenvalue weighted by molar-refractivity contribution is -0.777. The first-order valence-corrected chi connectivity index (χ1v) is 10.9. The van der Waals surface area contributed by atoms with E-state index in [1.54, 1.807) is 0 Å². The van der Waals surface area contributed by atoms with E-state index in [1.807, 2.05) is 0 Å². The zero-order valence-corrected chi connectivity index (χ0v) is 17.6. The van der Waals surface area contributed by atoms with Crippen molar-refractivity contribution in [1.82, 2.24) is 0 Å². The number of halogens is 4. The van der Waals surface area contributed by atoms with Gasteiger partial charge in [0.15, 0.2) is 17.4 Å². The first-order valence-electron chi connectivity index (χ1n) is 10.2. The van der Waals surface area contributed by atoms with E-state index in [1.165, 1.54) is 44.9 Å². The molecule has 0 fully saturated rings. The molecular weight excluding hydrogens is 412 g/mol. The van der Waals surface area contributed by atoms with Gasteiger partial charge in [0, 0.05) is 0 Å². The molecule has 0 saturated heterocycles. The van der Waals surface area contributed by atoms with E-state index in [0.29, 0.717) is 6.42 Å². The van der Waals surface area contributed by atoms with Crippen molar-refractivity contribution in [3.63, 3.8) is 0 Å². The van der Waals surface area contributed by atoms with Crippen molar-refractivity contribution < 1.29 is 36.9 Å². The van der Waals surface area contributed by atoms with Crippen LogP contribution < -0.4 is 9.99 Å². The third-order valence-electron chi connectivity index (χ3n) is 4.57. The molecule has 0 amide bonds. The fourth-order valence-corrected chi connectivity index (χ4v) is 3.38. The highest BCUT2D eigenvalue weighted by Gasteiger charge is 2.27. The van der Waals surface area contributed by atoms with E-state index >= 15 is 0 Å². The lowest BCUT2D eigenvalue weighted by Crippen LogP contribution is -2.08. The van der Waals surface area contributed by atoms with E-state index in [-0.39, 0.29) is 18.6 Å². The summed E-state index contributed by atoms with van der Waals surface area (Å²) in [6, 6.07) is 0. The summed E-state index contributed by atoms with van der Waals surface area (Å²) in [6.07, 6.45) is 13.4. The van der Waals surface area contributed by atoms with Crippen LogP contribution in [0.15, 0.2) is 4.90 Å². The summed E-state index contributed by atoms with van der Waals surface area (Å²) in [5.74, 6) is -7.90. The summed E-state index contributed by atoms with van der Waals surface area (Å²) in [4.78, 5) is -1.16. The predicted octanol–water partition coefficient (Wildman–Crippen LogP) is 6.55. The van der Waals surface area contributed by atoms with Gasteiger partial charge < -0.3 is 9.99 Å². The van der Waals surface area contributed by atoms with Crippen LogP contribution in [0.3, 0.4) is 0 Å². The van der Waals surface area contributed by atoms with Crippen LogP contribution in [0.2, 0.25) is 0 Å². The van der Waals surface area contributed by atoms with Crippen LogP contribution in [0, 0.1) is 23.3 Å². The molecule has 0 atom stereocenters. The Morgan fingerprint density at radius 2 is 1.14 bits per heavy atom. The molecule has 9 heteroatoms. The molecule has 0 aliphatic rings. The van der Waals surface area contributed by atoms with Crippen molar-refractivity contribution in [2.45, 2.75) is 88.9 Å². The minimum atomic E-state index is -1.71. The average molecular weight is 442 g/mol. The van der Waals surface area contributed by atoms with Crippen molar-refractivity contribution in [2.24, 2.45) is 0 Å². The van der Waals surface area contributed by atoms with Crippen LogP contribution in [0.5, 0.6) is 5.75 Å². The van der Waals surface area contributed by atoms with Gasteiger partial charge in [-0.15, -0.1) is 0 Å². The maximum absolute atomic E-state index is 13.9. The van der Waals surface area contributed by atoms with Crippen LogP contribution >= 0.6 is 12.0 Å². The van der Waals surface area contributed by atoms with Gasteiger partial charge in [0.25, 0.3) is 0 Å². The van der Waals surface area contributed by atoms with Gasteiger partial charge in [0.2, 0.25) is 11.6 Å². The van der Waals surface area contributed by atoms with Gasteiger partial charge in [-0.05, 0) is 6.42 Å². The second kappa shape index (κ2) is 15.8. The number of ether oxygens (including phenoxy) is 1. The molecule has 0 aromatic heterocycles. The highest BCUT2D eigenvalue weighted by atomic mass is 32.2. The Balaban J connectivity index is 2.23. The topological polar surface area (TPSA) is 50.8 Å². The third kappa shape index (κ3) is 9.55. The molecule has 1 aromatic carbocycles. The Kier molecular flexibility index (Phi) is 14.1. The summed E-state index contributed by atoms with van der Waals surface area (Å²) in [6.45, 7) is 2.14. The number of benzene rings is 1. The summed E-state index contributed by atoms with van der Waals surface area (Å²) in [5, 5.41) is 12.6. The van der Waals surface area contributed by atoms with Crippen molar-refractivity contribution in [2.75, 3.05) is 6.61 Å². The second-order valence-corrected chi connectivity index (χ2v) is 7.58. The van der Waals surface area contributed by atoms with Crippen LogP contribution in [0.25, 0.3) is 0 Å². The molecule has 168 valence electrons. The van der Waals surface area contributed by atoms with Gasteiger partial charge in [0.1, 0.15) is 4.90 Å². The molecule has 0 heterocycles. The normalized spacial score (nSPS) is 11.2. The van der Waals surface area contributed by atoms with Gasteiger partial charge >= 0.3 is 0 Å². The quantitative estimate of drug-likeness (QED) is 0.0685. The Morgan fingerprint density at radius 3 is 1.59 bits per heavy atom. The largest absolute Gasteiger partial charge is 0.691 e. The molecule has 29 heavy (non-hydrogen) atoms. The highest BCUT2D eigenvalue weighted by molar-refractivity contribution is 7.94. The summed E-state index contributed by atoms with van der Waals surface area (Å²) in [7, 11) is 0. The van der Waals surface area contributed by atoms with Gasteiger partial charge in [0.05, 0.1) is 18.6 Å². The Hall–Kier alpha value is -1.03. The summed E-state index contributed by atoms with van der Waals surface area (Å²) in [5.41, 5.74) is 0. The monoisotopic (exact) mass is 441 g/mol. The molecule has 0 unspecified atom stereocenters. The molecule has 1 aromatic rings. The number of hydrogen-bond acceptors (Lipinski definition) is 5. The third-order valence-corrected chi connectivity index (χ3v) is 5.22. The van der Waals surface area contributed by atoms with Gasteiger partial charge in [-0.1, -0.05) is 77.6 Å². The SMILES string of the molecule is CCCCCCCCCCCCCCOc1c(F)c(F)c(SOO[O-])c(F)c1F. The van der Waals surface area contributed by atoms with Crippen molar-refractivity contribution in [3.05, 3.63) is 23.3 Å². The number of rotatable bonds is 17. The summed E-state index contributed by atoms with van der Waals surface area (Å²) >= 11 is -0.262.